The zero-order valence-electron chi connectivity index (χ0n) is 15.5. The summed E-state index contributed by atoms with van der Waals surface area (Å²) < 4.78 is 5.54. The molecule has 0 unspecified atom stereocenters. The number of hydrogen-bond donors (Lipinski definition) is 3. The molecule has 0 bridgehead atoms. The number of aliphatic imine (C=N–C) groups is 1. The Kier molecular flexibility index (Phi) is 12.6. The molecule has 1 aromatic heterocycles. The Morgan fingerprint density at radius 2 is 1.92 bits per heavy atom. The molecule has 142 valence electrons. The second kappa shape index (κ2) is 14.7. The number of ether oxygens (including phenoxy) is 1. The number of unbranched alkanes of at least 4 members (excludes halogenated alkanes) is 1. The first-order valence-corrected chi connectivity index (χ1v) is 10.1. The normalized spacial score (nSPS) is 11.4. The summed E-state index contributed by atoms with van der Waals surface area (Å²) in [6.07, 6.45) is 4.07. The van der Waals surface area contributed by atoms with Crippen molar-refractivity contribution in [3.63, 3.8) is 0 Å². The molecule has 0 aromatic carbocycles. The summed E-state index contributed by atoms with van der Waals surface area (Å²) in [4.78, 5) is 17.1. The molecule has 0 spiro atoms. The van der Waals surface area contributed by atoms with Crippen LogP contribution in [0.1, 0.15) is 49.2 Å². The molecular formula is C18H32N4O2S. The van der Waals surface area contributed by atoms with Crippen LogP contribution in [0.2, 0.25) is 0 Å². The number of hydrogen-bond acceptors (Lipinski definition) is 4. The summed E-state index contributed by atoms with van der Waals surface area (Å²) in [6, 6.07) is 3.71. The molecule has 0 atom stereocenters. The van der Waals surface area contributed by atoms with Gasteiger partial charge in [-0.05, 0) is 37.6 Å². The van der Waals surface area contributed by atoms with Gasteiger partial charge in [0.15, 0.2) is 5.96 Å². The van der Waals surface area contributed by atoms with E-state index in [0.29, 0.717) is 13.1 Å². The number of carbonyl (C=O) groups excluding carboxylic acids is 1. The smallest absolute Gasteiger partial charge is 0.261 e. The Labute approximate surface area is 155 Å². The molecule has 7 heteroatoms. The van der Waals surface area contributed by atoms with Crippen LogP contribution < -0.4 is 16.0 Å². The van der Waals surface area contributed by atoms with Crippen LogP contribution in [0.25, 0.3) is 0 Å². The maximum absolute atomic E-state index is 11.8. The number of guanidine groups is 1. The lowest BCUT2D eigenvalue weighted by molar-refractivity contribution is 0.0957. The lowest BCUT2D eigenvalue weighted by atomic mass is 10.4. The van der Waals surface area contributed by atoms with E-state index in [1.54, 1.807) is 0 Å². The van der Waals surface area contributed by atoms with Crippen molar-refractivity contribution in [2.45, 2.75) is 39.5 Å². The minimum absolute atomic E-state index is 0.00733. The average molecular weight is 369 g/mol. The van der Waals surface area contributed by atoms with E-state index in [1.165, 1.54) is 17.8 Å². The van der Waals surface area contributed by atoms with Gasteiger partial charge in [-0.3, -0.25) is 9.79 Å². The maximum atomic E-state index is 11.8. The Morgan fingerprint density at radius 1 is 1.12 bits per heavy atom. The zero-order chi connectivity index (χ0) is 18.2. The van der Waals surface area contributed by atoms with Gasteiger partial charge in [-0.2, -0.15) is 0 Å². The molecule has 0 aliphatic rings. The van der Waals surface area contributed by atoms with Crippen molar-refractivity contribution < 1.29 is 9.53 Å². The van der Waals surface area contributed by atoms with Gasteiger partial charge in [-0.1, -0.05) is 19.4 Å². The molecule has 0 saturated carbocycles. The highest BCUT2D eigenvalue weighted by Crippen LogP contribution is 2.07. The predicted octanol–water partition coefficient (Wildman–Crippen LogP) is 2.63. The van der Waals surface area contributed by atoms with Gasteiger partial charge in [0.1, 0.15) is 0 Å². The Balaban J connectivity index is 2.12. The van der Waals surface area contributed by atoms with E-state index in [0.717, 1.165) is 56.4 Å². The van der Waals surface area contributed by atoms with Crippen LogP contribution in [0.5, 0.6) is 0 Å². The van der Waals surface area contributed by atoms with Gasteiger partial charge in [-0.15, -0.1) is 11.3 Å². The van der Waals surface area contributed by atoms with Crippen LogP contribution in [-0.4, -0.2) is 51.3 Å². The van der Waals surface area contributed by atoms with Crippen LogP contribution in [0.4, 0.5) is 0 Å². The molecular weight excluding hydrogens is 336 g/mol. The fraction of sp³-hybridized carbons (Fsp3) is 0.667. The SMILES string of the molecule is CCCCOCCCNC(=NCCCNC(=O)c1cccs1)NCC. The third kappa shape index (κ3) is 10.8. The van der Waals surface area contributed by atoms with Crippen molar-refractivity contribution in [2.24, 2.45) is 4.99 Å². The number of carbonyl (C=O) groups is 1. The van der Waals surface area contributed by atoms with E-state index >= 15 is 0 Å². The Bertz CT molecular complexity index is 477. The average Bonchev–Trinajstić information content (AvgIpc) is 3.15. The minimum Gasteiger partial charge on any atom is -0.381 e. The lowest BCUT2D eigenvalue weighted by Gasteiger charge is -2.11. The number of rotatable bonds is 13. The number of nitrogens with zero attached hydrogens (tertiary/aromatic N) is 1. The van der Waals surface area contributed by atoms with Gasteiger partial charge in [0.25, 0.3) is 5.91 Å². The van der Waals surface area contributed by atoms with Crippen LogP contribution in [0.3, 0.4) is 0 Å². The number of amides is 1. The van der Waals surface area contributed by atoms with Crippen molar-refractivity contribution >= 4 is 23.2 Å². The monoisotopic (exact) mass is 368 g/mol. The first-order valence-electron chi connectivity index (χ1n) is 9.19. The van der Waals surface area contributed by atoms with Crippen LogP contribution >= 0.6 is 11.3 Å². The number of thiophene rings is 1. The molecule has 1 rings (SSSR count). The molecule has 3 N–H and O–H groups in total. The minimum atomic E-state index is -0.00733. The standard InChI is InChI=1S/C18H32N4O2S/c1-3-5-13-24-14-8-12-22-18(19-4-2)21-11-7-10-20-17(23)16-9-6-15-25-16/h6,9,15H,3-5,7-8,10-14H2,1-2H3,(H,20,23)(H2,19,21,22). The third-order valence-corrected chi connectivity index (χ3v) is 4.25. The van der Waals surface area contributed by atoms with Gasteiger partial charge >= 0.3 is 0 Å². The second-order valence-electron chi connectivity index (χ2n) is 5.59. The van der Waals surface area contributed by atoms with Crippen LogP contribution in [0, 0.1) is 0 Å². The maximum Gasteiger partial charge on any atom is 0.261 e. The van der Waals surface area contributed by atoms with E-state index < -0.39 is 0 Å². The highest BCUT2D eigenvalue weighted by Gasteiger charge is 2.04. The van der Waals surface area contributed by atoms with E-state index in [2.05, 4.69) is 27.9 Å². The Morgan fingerprint density at radius 3 is 2.64 bits per heavy atom. The topological polar surface area (TPSA) is 74.8 Å². The van der Waals surface area contributed by atoms with Crippen molar-refractivity contribution in [1.82, 2.24) is 16.0 Å². The van der Waals surface area contributed by atoms with E-state index in [-0.39, 0.29) is 5.91 Å². The second-order valence-corrected chi connectivity index (χ2v) is 6.54. The summed E-state index contributed by atoms with van der Waals surface area (Å²) in [5.74, 6) is 0.813. The quantitative estimate of drug-likeness (QED) is 0.284. The van der Waals surface area contributed by atoms with E-state index in [1.807, 2.05) is 24.4 Å². The van der Waals surface area contributed by atoms with E-state index in [9.17, 15) is 4.79 Å². The van der Waals surface area contributed by atoms with Crippen molar-refractivity contribution in [3.8, 4) is 0 Å². The molecule has 0 aliphatic heterocycles. The zero-order valence-corrected chi connectivity index (χ0v) is 16.3. The first kappa shape index (κ1) is 21.4. The largest absolute Gasteiger partial charge is 0.381 e. The predicted molar refractivity (Wildman–Crippen MR) is 106 cm³/mol. The summed E-state index contributed by atoms with van der Waals surface area (Å²) in [5.41, 5.74) is 0. The molecule has 1 amide bonds. The van der Waals surface area contributed by atoms with E-state index in [4.69, 9.17) is 4.74 Å². The highest BCUT2D eigenvalue weighted by atomic mass is 32.1. The number of nitrogens with one attached hydrogen (secondary N) is 3. The molecule has 1 heterocycles. The molecule has 0 radical (unpaired) electrons. The molecule has 1 aromatic rings. The molecule has 0 fully saturated rings. The highest BCUT2D eigenvalue weighted by molar-refractivity contribution is 7.12. The summed E-state index contributed by atoms with van der Waals surface area (Å²) >= 11 is 1.45. The fourth-order valence-corrected chi connectivity index (χ4v) is 2.68. The first-order chi connectivity index (χ1) is 12.3. The van der Waals surface area contributed by atoms with Crippen molar-refractivity contribution in [2.75, 3.05) is 39.4 Å². The fourth-order valence-electron chi connectivity index (χ4n) is 2.04. The third-order valence-electron chi connectivity index (χ3n) is 3.38. The van der Waals surface area contributed by atoms with Gasteiger partial charge < -0.3 is 20.7 Å². The summed E-state index contributed by atoms with van der Waals surface area (Å²) in [7, 11) is 0. The lowest BCUT2D eigenvalue weighted by Crippen LogP contribution is -2.38. The van der Waals surface area contributed by atoms with Crippen LogP contribution in [0.15, 0.2) is 22.5 Å². The Hall–Kier alpha value is -1.60. The molecule has 6 nitrogen and oxygen atoms in total. The van der Waals surface area contributed by atoms with Crippen molar-refractivity contribution in [3.05, 3.63) is 22.4 Å². The molecule has 0 saturated heterocycles. The summed E-state index contributed by atoms with van der Waals surface area (Å²) in [6.45, 7) is 8.81. The van der Waals surface area contributed by atoms with Crippen LogP contribution in [-0.2, 0) is 4.74 Å². The molecule has 0 aliphatic carbocycles. The van der Waals surface area contributed by atoms with Gasteiger partial charge in [-0.25, -0.2) is 0 Å². The summed E-state index contributed by atoms with van der Waals surface area (Å²) in [5, 5.41) is 11.4. The van der Waals surface area contributed by atoms with Gasteiger partial charge in [0.05, 0.1) is 4.88 Å². The van der Waals surface area contributed by atoms with Gasteiger partial charge in [0.2, 0.25) is 0 Å². The molecule has 25 heavy (non-hydrogen) atoms. The van der Waals surface area contributed by atoms with Gasteiger partial charge in [0, 0.05) is 39.4 Å². The van der Waals surface area contributed by atoms with Crippen molar-refractivity contribution in [1.29, 1.82) is 0 Å².